The molecule has 0 unspecified atom stereocenters. The highest BCUT2D eigenvalue weighted by molar-refractivity contribution is 7.20. The zero-order chi connectivity index (χ0) is 21.8. The van der Waals surface area contributed by atoms with Gasteiger partial charge in [-0.2, -0.15) is 5.10 Å². The number of carbonyl (C=O) groups is 3. The number of aryl methyl sites for hydroxylation is 1. The molecule has 10 heteroatoms. The third kappa shape index (κ3) is 5.17. The van der Waals surface area contributed by atoms with Crippen LogP contribution in [0.5, 0.6) is 0 Å². The monoisotopic (exact) mass is 448 g/mol. The molecule has 158 valence electrons. The first-order valence-corrected chi connectivity index (χ1v) is 10.4. The summed E-state index contributed by atoms with van der Waals surface area (Å²) in [7, 11) is 0. The van der Waals surface area contributed by atoms with E-state index in [4.69, 9.17) is 16.3 Å². The van der Waals surface area contributed by atoms with Gasteiger partial charge in [0.25, 0.3) is 5.91 Å². The average Bonchev–Trinajstić information content (AvgIpc) is 3.26. The van der Waals surface area contributed by atoms with Gasteiger partial charge in [-0.15, -0.1) is 11.3 Å². The molecule has 8 nitrogen and oxygen atoms in total. The molecule has 0 bridgehead atoms. The lowest BCUT2D eigenvalue weighted by Gasteiger charge is -2.08. The van der Waals surface area contributed by atoms with E-state index in [-0.39, 0.29) is 5.92 Å². The lowest BCUT2D eigenvalue weighted by molar-refractivity contribution is -0.123. The molecule has 2 heterocycles. The van der Waals surface area contributed by atoms with Gasteiger partial charge in [-0.25, -0.2) is 14.3 Å². The number of hydrogen-bond acceptors (Lipinski definition) is 6. The molecule has 1 aromatic carbocycles. The number of rotatable bonds is 6. The van der Waals surface area contributed by atoms with E-state index in [9.17, 15) is 14.4 Å². The predicted octanol–water partition coefficient (Wildman–Crippen LogP) is 3.69. The molecule has 0 radical (unpaired) electrons. The fourth-order valence-corrected chi connectivity index (χ4v) is 3.81. The zero-order valence-corrected chi connectivity index (χ0v) is 18.3. The molecule has 0 fully saturated rings. The quantitative estimate of drug-likeness (QED) is 0.560. The van der Waals surface area contributed by atoms with Crippen LogP contribution in [0.1, 0.15) is 29.2 Å². The molecule has 3 aromatic rings. The Hall–Kier alpha value is -2.91. The Balaban J connectivity index is 1.66. The number of ether oxygens (including phenoxy) is 1. The summed E-state index contributed by atoms with van der Waals surface area (Å²) in [5.74, 6) is -1.09. The van der Waals surface area contributed by atoms with Crippen LogP contribution in [0.4, 0.5) is 4.79 Å². The number of nitrogens with one attached hydrogen (secondary N) is 2. The van der Waals surface area contributed by atoms with Crippen LogP contribution in [-0.2, 0) is 9.53 Å². The molecule has 2 N–H and O–H groups in total. The van der Waals surface area contributed by atoms with Crippen LogP contribution >= 0.6 is 22.9 Å². The van der Waals surface area contributed by atoms with E-state index < -0.39 is 24.5 Å². The Morgan fingerprint density at radius 3 is 2.60 bits per heavy atom. The number of halogens is 1. The minimum absolute atomic E-state index is 0.254. The van der Waals surface area contributed by atoms with E-state index in [1.807, 2.05) is 32.9 Å². The molecule has 0 aliphatic heterocycles. The lowest BCUT2D eigenvalue weighted by Crippen LogP contribution is -2.42. The van der Waals surface area contributed by atoms with E-state index in [0.717, 1.165) is 21.6 Å². The van der Waals surface area contributed by atoms with Gasteiger partial charge in [0.1, 0.15) is 9.71 Å². The summed E-state index contributed by atoms with van der Waals surface area (Å²) in [4.78, 5) is 36.9. The molecular formula is C20H21ClN4O4S. The molecule has 0 spiro atoms. The summed E-state index contributed by atoms with van der Waals surface area (Å²) < 4.78 is 6.78. The Morgan fingerprint density at radius 2 is 1.93 bits per heavy atom. The van der Waals surface area contributed by atoms with Crippen LogP contribution in [0.3, 0.4) is 0 Å². The van der Waals surface area contributed by atoms with Crippen molar-refractivity contribution >= 4 is 51.1 Å². The molecular weight excluding hydrogens is 428 g/mol. The second-order valence-electron chi connectivity index (χ2n) is 7.03. The molecule has 3 rings (SSSR count). The molecule has 0 atom stereocenters. The lowest BCUT2D eigenvalue weighted by atomic mass is 10.2. The van der Waals surface area contributed by atoms with E-state index in [1.54, 1.807) is 22.9 Å². The zero-order valence-electron chi connectivity index (χ0n) is 16.7. The van der Waals surface area contributed by atoms with Gasteiger partial charge >= 0.3 is 12.0 Å². The number of amides is 3. The molecule has 0 aliphatic carbocycles. The summed E-state index contributed by atoms with van der Waals surface area (Å²) in [6.07, 6.45) is 0. The van der Waals surface area contributed by atoms with E-state index in [2.05, 4.69) is 15.7 Å². The summed E-state index contributed by atoms with van der Waals surface area (Å²) in [5.41, 5.74) is 1.57. The summed E-state index contributed by atoms with van der Waals surface area (Å²) in [6.45, 7) is 5.60. The van der Waals surface area contributed by atoms with Gasteiger partial charge in [0.2, 0.25) is 0 Å². The smallest absolute Gasteiger partial charge is 0.348 e. The molecule has 0 saturated heterocycles. The first-order chi connectivity index (χ1) is 14.2. The Kier molecular flexibility index (Phi) is 6.73. The van der Waals surface area contributed by atoms with Gasteiger partial charge in [0.15, 0.2) is 6.61 Å². The number of benzene rings is 1. The normalized spacial score (nSPS) is 11.0. The largest absolute Gasteiger partial charge is 0.451 e. The second kappa shape index (κ2) is 9.27. The van der Waals surface area contributed by atoms with Crippen LogP contribution in [0.2, 0.25) is 5.02 Å². The summed E-state index contributed by atoms with van der Waals surface area (Å²) in [6, 6.07) is 8.26. The topological polar surface area (TPSA) is 102 Å². The minimum Gasteiger partial charge on any atom is -0.451 e. The van der Waals surface area contributed by atoms with Gasteiger partial charge in [-0.1, -0.05) is 25.4 Å². The Labute approximate surface area is 182 Å². The number of carbonyl (C=O) groups excluding carboxylic acids is 3. The minimum atomic E-state index is -0.700. The van der Waals surface area contributed by atoms with Crippen LogP contribution < -0.4 is 10.6 Å². The highest BCUT2D eigenvalue weighted by atomic mass is 35.5. The van der Waals surface area contributed by atoms with Crippen LogP contribution in [0.15, 0.2) is 30.3 Å². The van der Waals surface area contributed by atoms with Crippen molar-refractivity contribution in [3.63, 3.8) is 0 Å². The van der Waals surface area contributed by atoms with Crippen LogP contribution in [0.25, 0.3) is 15.9 Å². The number of urea groups is 1. The van der Waals surface area contributed by atoms with Crippen molar-refractivity contribution < 1.29 is 19.1 Å². The number of nitrogens with zero attached hydrogens (tertiary/aromatic N) is 2. The van der Waals surface area contributed by atoms with Gasteiger partial charge in [-0.3, -0.25) is 10.1 Å². The third-order valence-electron chi connectivity index (χ3n) is 4.08. The SMILES string of the molecule is Cc1nn(-c2ccc(Cl)cc2)c2sc(C(=O)OCC(=O)NC(=O)NCC(C)C)cc12. The van der Waals surface area contributed by atoms with Crippen LogP contribution in [-0.4, -0.2) is 40.8 Å². The van der Waals surface area contributed by atoms with Gasteiger partial charge in [0, 0.05) is 17.0 Å². The number of fused-ring (bicyclic) bond motifs is 1. The first kappa shape index (κ1) is 21.8. The van der Waals surface area contributed by atoms with Crippen LogP contribution in [0, 0.1) is 12.8 Å². The van der Waals surface area contributed by atoms with Crippen molar-refractivity contribution in [2.75, 3.05) is 13.2 Å². The fourth-order valence-electron chi connectivity index (χ4n) is 2.61. The Bertz CT molecular complexity index is 1090. The van der Waals surface area contributed by atoms with E-state index in [0.29, 0.717) is 16.4 Å². The number of esters is 1. The number of thiophene rings is 1. The fraction of sp³-hybridized carbons (Fsp3) is 0.300. The predicted molar refractivity (Wildman–Crippen MR) is 115 cm³/mol. The molecule has 3 amide bonds. The standard InChI is InChI=1S/C20H21ClN4O4S/c1-11(2)9-22-20(28)23-17(26)10-29-19(27)16-8-15-12(3)24-25(18(15)30-16)14-6-4-13(21)5-7-14/h4-8,11H,9-10H2,1-3H3,(H2,22,23,26,28). The van der Waals surface area contributed by atoms with Crippen molar-refractivity contribution in [2.24, 2.45) is 5.92 Å². The number of aromatic nitrogens is 2. The maximum absolute atomic E-state index is 12.4. The maximum Gasteiger partial charge on any atom is 0.348 e. The molecule has 30 heavy (non-hydrogen) atoms. The van der Waals surface area contributed by atoms with Crippen molar-refractivity contribution in [1.29, 1.82) is 0 Å². The van der Waals surface area contributed by atoms with Crippen molar-refractivity contribution in [3.05, 3.63) is 45.9 Å². The second-order valence-corrected chi connectivity index (χ2v) is 8.50. The highest BCUT2D eigenvalue weighted by Crippen LogP contribution is 2.31. The summed E-state index contributed by atoms with van der Waals surface area (Å²) in [5, 5.41) is 10.6. The average molecular weight is 449 g/mol. The van der Waals surface area contributed by atoms with Gasteiger partial charge in [0.05, 0.1) is 11.4 Å². The highest BCUT2D eigenvalue weighted by Gasteiger charge is 2.19. The van der Waals surface area contributed by atoms with Gasteiger partial charge < -0.3 is 10.1 Å². The molecule has 0 saturated carbocycles. The van der Waals surface area contributed by atoms with Gasteiger partial charge in [-0.05, 0) is 43.2 Å². The van der Waals surface area contributed by atoms with Crippen molar-refractivity contribution in [2.45, 2.75) is 20.8 Å². The first-order valence-electron chi connectivity index (χ1n) is 9.24. The van der Waals surface area contributed by atoms with E-state index in [1.165, 1.54) is 11.3 Å². The van der Waals surface area contributed by atoms with Crippen molar-refractivity contribution in [3.8, 4) is 5.69 Å². The molecule has 2 aromatic heterocycles. The number of imide groups is 1. The van der Waals surface area contributed by atoms with E-state index >= 15 is 0 Å². The Morgan fingerprint density at radius 1 is 1.23 bits per heavy atom. The third-order valence-corrected chi connectivity index (χ3v) is 5.42. The number of hydrogen-bond donors (Lipinski definition) is 2. The maximum atomic E-state index is 12.4. The summed E-state index contributed by atoms with van der Waals surface area (Å²) >= 11 is 7.16. The van der Waals surface area contributed by atoms with Crippen molar-refractivity contribution in [1.82, 2.24) is 20.4 Å². The molecule has 0 aliphatic rings.